The summed E-state index contributed by atoms with van der Waals surface area (Å²) in [6, 6.07) is 25.6. The topological polar surface area (TPSA) is 78.1 Å². The van der Waals surface area contributed by atoms with Crippen LogP contribution in [0.15, 0.2) is 83.3 Å². The maximum absolute atomic E-state index is 5.41. The average molecular weight is 457 g/mol. The van der Waals surface area contributed by atoms with Crippen molar-refractivity contribution >= 4 is 12.2 Å². The Morgan fingerprint density at radius 1 is 0.788 bits per heavy atom. The van der Waals surface area contributed by atoms with Crippen LogP contribution in [0.5, 0.6) is 11.5 Å². The van der Waals surface area contributed by atoms with Gasteiger partial charge in [-0.15, -0.1) is 5.10 Å². The molecule has 33 heavy (non-hydrogen) atoms. The van der Waals surface area contributed by atoms with Crippen molar-refractivity contribution in [1.82, 2.24) is 20.0 Å². The van der Waals surface area contributed by atoms with E-state index < -0.39 is 0 Å². The molecule has 0 saturated carbocycles. The van der Waals surface area contributed by atoms with Crippen LogP contribution in [0.2, 0.25) is 0 Å². The number of hydrogen-bond donors (Lipinski definition) is 1. The van der Waals surface area contributed by atoms with E-state index in [1.807, 2.05) is 77.5 Å². The number of ether oxygens (including phenoxy) is 2. The van der Waals surface area contributed by atoms with E-state index in [4.69, 9.17) is 31.2 Å². The van der Waals surface area contributed by atoms with Gasteiger partial charge in [0.25, 0.3) is 4.84 Å². The van der Waals surface area contributed by atoms with Crippen molar-refractivity contribution < 1.29 is 13.9 Å². The lowest BCUT2D eigenvalue weighted by atomic mass is 10.1. The van der Waals surface area contributed by atoms with Crippen molar-refractivity contribution in [3.63, 3.8) is 0 Å². The molecule has 0 fully saturated rings. The summed E-state index contributed by atoms with van der Waals surface area (Å²) < 4.78 is 17.9. The van der Waals surface area contributed by atoms with Crippen LogP contribution in [-0.2, 0) is 0 Å². The first-order chi connectivity index (χ1) is 16.1. The molecule has 0 bridgehead atoms. The van der Waals surface area contributed by atoms with Crippen molar-refractivity contribution in [2.24, 2.45) is 0 Å². The van der Waals surface area contributed by atoms with E-state index in [1.54, 1.807) is 14.2 Å². The van der Waals surface area contributed by atoms with Gasteiger partial charge in [0.2, 0.25) is 5.89 Å². The molecule has 0 unspecified atom stereocenters. The van der Waals surface area contributed by atoms with Gasteiger partial charge >= 0.3 is 0 Å². The molecule has 0 aliphatic rings. The van der Waals surface area contributed by atoms with Crippen molar-refractivity contribution in [3.8, 4) is 51.2 Å². The molecular formula is C25H20N4O3S. The van der Waals surface area contributed by atoms with Crippen molar-refractivity contribution in [2.45, 2.75) is 0 Å². The molecule has 164 valence electrons. The van der Waals surface area contributed by atoms with Gasteiger partial charge in [-0.3, -0.25) is 0 Å². The fourth-order valence-corrected chi connectivity index (χ4v) is 3.67. The Labute approximate surface area is 195 Å². The molecule has 0 aliphatic heterocycles. The first-order valence-corrected chi connectivity index (χ1v) is 10.6. The van der Waals surface area contributed by atoms with Crippen molar-refractivity contribution in [2.75, 3.05) is 14.2 Å². The zero-order valence-corrected chi connectivity index (χ0v) is 18.8. The highest BCUT2D eigenvalue weighted by molar-refractivity contribution is 7.71. The number of methoxy groups -OCH3 is 2. The number of H-pyrrole nitrogens is 1. The highest BCUT2D eigenvalue weighted by Gasteiger charge is 2.14. The molecule has 0 amide bonds. The molecule has 0 atom stereocenters. The third-order valence-corrected chi connectivity index (χ3v) is 5.45. The normalized spacial score (nSPS) is 10.8. The fourth-order valence-electron chi connectivity index (χ4n) is 3.55. The number of benzene rings is 3. The van der Waals surface area contributed by atoms with Crippen LogP contribution in [0.25, 0.3) is 39.7 Å². The Bertz CT molecular complexity index is 1430. The van der Waals surface area contributed by atoms with Gasteiger partial charge in [-0.05, 0) is 91.1 Å². The number of nitrogens with zero attached hydrogens (tertiary/aromatic N) is 3. The van der Waals surface area contributed by atoms with E-state index in [1.165, 1.54) is 0 Å². The minimum atomic E-state index is 0.243. The van der Waals surface area contributed by atoms with Crippen molar-refractivity contribution in [3.05, 3.63) is 83.7 Å². The predicted molar refractivity (Wildman–Crippen MR) is 128 cm³/mol. The molecule has 0 spiro atoms. The number of nitrogens with one attached hydrogen (secondary N) is 1. The van der Waals surface area contributed by atoms with E-state index in [9.17, 15) is 0 Å². The molecule has 5 rings (SSSR count). The minimum absolute atomic E-state index is 0.243. The van der Waals surface area contributed by atoms with Gasteiger partial charge in [-0.2, -0.15) is 5.10 Å². The summed E-state index contributed by atoms with van der Waals surface area (Å²) in [7, 11) is 3.31. The summed E-state index contributed by atoms with van der Waals surface area (Å²) in [5.41, 5.74) is 5.54. The standard InChI is InChI=1S/C25H20N4O3S/c1-30-20-11-5-16(6-12-20)22-15-23(17-7-13-21(31-2)14-8-17)29(28-22)19-9-3-18(4-10-19)24-26-27-25(33)32-24/h3-15H,1-2H3,(H,27,33). The Hall–Kier alpha value is -4.17. The minimum Gasteiger partial charge on any atom is -0.497 e. The summed E-state index contributed by atoms with van der Waals surface area (Å²) in [5.74, 6) is 2.05. The average Bonchev–Trinajstić information content (AvgIpc) is 3.51. The summed E-state index contributed by atoms with van der Waals surface area (Å²) in [4.78, 5) is 0.243. The molecule has 0 saturated heterocycles. The first kappa shape index (κ1) is 20.7. The molecule has 0 aliphatic carbocycles. The second kappa shape index (κ2) is 8.76. The summed E-state index contributed by atoms with van der Waals surface area (Å²) in [6.07, 6.45) is 0. The Balaban J connectivity index is 1.59. The molecule has 3 aromatic carbocycles. The lowest BCUT2D eigenvalue weighted by Crippen LogP contribution is -1.99. The van der Waals surface area contributed by atoms with E-state index in [-0.39, 0.29) is 4.84 Å². The molecule has 1 N–H and O–H groups in total. The van der Waals surface area contributed by atoms with Crippen LogP contribution in [0.3, 0.4) is 0 Å². The zero-order chi connectivity index (χ0) is 22.8. The second-order valence-corrected chi connectivity index (χ2v) is 7.62. The molecular weight excluding hydrogens is 436 g/mol. The lowest BCUT2D eigenvalue weighted by molar-refractivity contribution is 0.414. The van der Waals surface area contributed by atoms with Gasteiger partial charge in [-0.25, -0.2) is 9.78 Å². The number of aromatic amines is 1. The predicted octanol–water partition coefficient (Wildman–Crippen LogP) is 5.94. The van der Waals surface area contributed by atoms with Gasteiger partial charge in [0.1, 0.15) is 11.5 Å². The SMILES string of the molecule is COc1ccc(-c2cc(-c3ccc(OC)cc3)n(-c3ccc(-c4n[nH]c(=S)o4)cc3)n2)cc1. The van der Waals surface area contributed by atoms with Crippen LogP contribution in [0.4, 0.5) is 0 Å². The highest BCUT2D eigenvalue weighted by Crippen LogP contribution is 2.31. The summed E-state index contributed by atoms with van der Waals surface area (Å²) in [6.45, 7) is 0. The van der Waals surface area contributed by atoms with Crippen LogP contribution in [0, 0.1) is 4.84 Å². The van der Waals surface area contributed by atoms with Gasteiger partial charge < -0.3 is 13.9 Å². The number of hydrogen-bond acceptors (Lipinski definition) is 6. The van der Waals surface area contributed by atoms with E-state index in [0.29, 0.717) is 5.89 Å². The maximum atomic E-state index is 5.41. The zero-order valence-electron chi connectivity index (χ0n) is 18.0. The highest BCUT2D eigenvalue weighted by atomic mass is 32.1. The monoisotopic (exact) mass is 456 g/mol. The van der Waals surface area contributed by atoms with E-state index in [2.05, 4.69) is 16.3 Å². The van der Waals surface area contributed by atoms with Gasteiger partial charge in [-0.1, -0.05) is 0 Å². The van der Waals surface area contributed by atoms with E-state index >= 15 is 0 Å². The quantitative estimate of drug-likeness (QED) is 0.319. The lowest BCUT2D eigenvalue weighted by Gasteiger charge is -2.09. The van der Waals surface area contributed by atoms with Gasteiger partial charge in [0.05, 0.1) is 31.3 Å². The third-order valence-electron chi connectivity index (χ3n) is 5.28. The van der Waals surface area contributed by atoms with Crippen LogP contribution in [0.1, 0.15) is 0 Å². The molecule has 8 heteroatoms. The summed E-state index contributed by atoms with van der Waals surface area (Å²) >= 11 is 4.97. The largest absolute Gasteiger partial charge is 0.497 e. The third kappa shape index (κ3) is 4.16. The summed E-state index contributed by atoms with van der Waals surface area (Å²) in [5, 5.41) is 11.6. The molecule has 5 aromatic rings. The Morgan fingerprint density at radius 3 is 1.91 bits per heavy atom. The Kier molecular flexibility index (Phi) is 5.50. The number of rotatable bonds is 6. The fraction of sp³-hybridized carbons (Fsp3) is 0.0800. The maximum Gasteiger partial charge on any atom is 0.284 e. The first-order valence-electron chi connectivity index (χ1n) is 10.2. The van der Waals surface area contributed by atoms with E-state index in [0.717, 1.165) is 45.3 Å². The smallest absolute Gasteiger partial charge is 0.284 e. The number of aromatic nitrogens is 4. The van der Waals surface area contributed by atoms with Gasteiger partial charge in [0, 0.05) is 16.7 Å². The molecule has 0 radical (unpaired) electrons. The molecule has 2 heterocycles. The molecule has 7 nitrogen and oxygen atoms in total. The van der Waals surface area contributed by atoms with Crippen LogP contribution in [-0.4, -0.2) is 34.2 Å². The van der Waals surface area contributed by atoms with Crippen LogP contribution >= 0.6 is 12.2 Å². The van der Waals surface area contributed by atoms with Gasteiger partial charge in [0.15, 0.2) is 0 Å². The molecule has 2 aromatic heterocycles. The van der Waals surface area contributed by atoms with Crippen LogP contribution < -0.4 is 9.47 Å². The Morgan fingerprint density at radius 2 is 1.36 bits per heavy atom. The van der Waals surface area contributed by atoms with Crippen molar-refractivity contribution in [1.29, 1.82) is 0 Å². The second-order valence-electron chi connectivity index (χ2n) is 7.25.